The van der Waals surface area contributed by atoms with Crippen LogP contribution in [-0.4, -0.2) is 22.8 Å². The molecule has 0 radical (unpaired) electrons. The molecule has 144 valence electrons. The summed E-state index contributed by atoms with van der Waals surface area (Å²) < 4.78 is 44.3. The van der Waals surface area contributed by atoms with E-state index in [0.29, 0.717) is 17.3 Å². The van der Waals surface area contributed by atoms with Crippen molar-refractivity contribution in [2.45, 2.75) is 32.5 Å². The molecule has 27 heavy (non-hydrogen) atoms. The highest BCUT2D eigenvalue weighted by Crippen LogP contribution is 2.34. The summed E-state index contributed by atoms with van der Waals surface area (Å²) in [5.41, 5.74) is -1.57. The molecule has 0 fully saturated rings. The molecule has 2 aromatic rings. The van der Waals surface area contributed by atoms with Gasteiger partial charge in [0.25, 0.3) is 0 Å². The average Bonchev–Trinajstić information content (AvgIpc) is 2.52. The lowest BCUT2D eigenvalue weighted by Crippen LogP contribution is -2.27. The van der Waals surface area contributed by atoms with Crippen molar-refractivity contribution in [3.05, 3.63) is 53.6 Å². The van der Waals surface area contributed by atoms with Gasteiger partial charge in [0, 0.05) is 5.69 Å². The summed E-state index contributed by atoms with van der Waals surface area (Å²) in [6, 6.07) is 8.60. The molecule has 0 aliphatic carbocycles. The van der Waals surface area contributed by atoms with Gasteiger partial charge in [-0.3, -0.25) is 5.32 Å². The molecule has 0 unspecified atom stereocenters. The molecule has 0 atom stereocenters. The molecular weight excluding hydrogens is 363 g/mol. The average molecular weight is 381 g/mol. The summed E-state index contributed by atoms with van der Waals surface area (Å²) >= 11 is 0. The molecule has 0 saturated carbocycles. The fraction of sp³-hybridized carbons (Fsp3) is 0.263. The molecular formula is C19H18F3NO4. The van der Waals surface area contributed by atoms with Crippen LogP contribution in [0.3, 0.4) is 0 Å². The van der Waals surface area contributed by atoms with Gasteiger partial charge >= 0.3 is 18.2 Å². The number of halogens is 3. The Hall–Kier alpha value is -3.03. The van der Waals surface area contributed by atoms with Crippen molar-refractivity contribution < 1.29 is 32.6 Å². The van der Waals surface area contributed by atoms with Crippen LogP contribution < -0.4 is 5.32 Å². The molecule has 5 nitrogen and oxygen atoms in total. The Balaban J connectivity index is 2.40. The van der Waals surface area contributed by atoms with Gasteiger partial charge in [-0.15, -0.1) is 0 Å². The van der Waals surface area contributed by atoms with Crippen molar-refractivity contribution >= 4 is 17.7 Å². The van der Waals surface area contributed by atoms with E-state index in [2.05, 4.69) is 5.32 Å². The molecule has 0 heterocycles. The number of hydrogen-bond donors (Lipinski definition) is 2. The van der Waals surface area contributed by atoms with Crippen molar-refractivity contribution in [1.82, 2.24) is 0 Å². The molecule has 2 aromatic carbocycles. The first-order valence-electron chi connectivity index (χ1n) is 7.91. The zero-order chi connectivity index (χ0) is 20.4. The highest BCUT2D eigenvalue weighted by molar-refractivity contribution is 5.90. The number of anilines is 1. The van der Waals surface area contributed by atoms with Crippen molar-refractivity contribution in [2.24, 2.45) is 0 Å². The van der Waals surface area contributed by atoms with Gasteiger partial charge in [0.15, 0.2) is 0 Å². The predicted octanol–water partition coefficient (Wildman–Crippen LogP) is 5.42. The number of rotatable bonds is 3. The molecule has 0 aliphatic rings. The first kappa shape index (κ1) is 20.3. The van der Waals surface area contributed by atoms with Crippen molar-refractivity contribution in [1.29, 1.82) is 0 Å². The molecule has 2 N–H and O–H groups in total. The first-order valence-corrected chi connectivity index (χ1v) is 7.91. The largest absolute Gasteiger partial charge is 0.478 e. The van der Waals surface area contributed by atoms with Crippen LogP contribution in [0.15, 0.2) is 42.5 Å². The van der Waals surface area contributed by atoms with Crippen LogP contribution in [0.1, 0.15) is 36.7 Å². The highest BCUT2D eigenvalue weighted by atomic mass is 19.4. The minimum atomic E-state index is -4.69. The van der Waals surface area contributed by atoms with Gasteiger partial charge in [-0.2, -0.15) is 13.2 Å². The van der Waals surface area contributed by atoms with Gasteiger partial charge < -0.3 is 9.84 Å². The number of carbonyl (C=O) groups is 2. The number of carbonyl (C=O) groups excluding carboxylic acids is 1. The number of ether oxygens (including phenoxy) is 1. The minimum Gasteiger partial charge on any atom is -0.478 e. The number of carboxylic acids is 1. The smallest absolute Gasteiger partial charge is 0.416 e. The Morgan fingerprint density at radius 2 is 1.67 bits per heavy atom. The molecule has 0 bridgehead atoms. The van der Waals surface area contributed by atoms with Gasteiger partial charge in [-0.1, -0.05) is 12.1 Å². The van der Waals surface area contributed by atoms with Gasteiger partial charge in [-0.05, 0) is 62.2 Å². The Kier molecular flexibility index (Phi) is 5.48. The van der Waals surface area contributed by atoms with Gasteiger partial charge in [0.05, 0.1) is 11.1 Å². The normalized spacial score (nSPS) is 11.8. The van der Waals surface area contributed by atoms with E-state index in [9.17, 15) is 22.8 Å². The number of carboxylic acid groups (broad SMARTS) is 1. The van der Waals surface area contributed by atoms with Crippen LogP contribution in [0.4, 0.5) is 23.7 Å². The maximum Gasteiger partial charge on any atom is 0.416 e. The van der Waals surface area contributed by atoms with E-state index in [1.165, 1.54) is 18.2 Å². The van der Waals surface area contributed by atoms with Gasteiger partial charge in [0.1, 0.15) is 5.60 Å². The maximum atomic E-state index is 13.1. The number of benzene rings is 2. The molecule has 0 saturated heterocycles. The number of nitrogens with one attached hydrogen (secondary N) is 1. The highest BCUT2D eigenvalue weighted by Gasteiger charge is 2.32. The Labute approximate surface area is 153 Å². The molecule has 0 aliphatic heterocycles. The van der Waals surface area contributed by atoms with E-state index in [1.54, 1.807) is 26.8 Å². The minimum absolute atomic E-state index is 0.0649. The predicted molar refractivity (Wildman–Crippen MR) is 93.7 cm³/mol. The molecule has 0 aromatic heterocycles. The van der Waals surface area contributed by atoms with Crippen LogP contribution >= 0.6 is 0 Å². The lowest BCUT2D eigenvalue weighted by Gasteiger charge is -2.19. The summed E-state index contributed by atoms with van der Waals surface area (Å²) in [5, 5.41) is 11.6. The quantitative estimate of drug-likeness (QED) is 0.745. The van der Waals surface area contributed by atoms with Crippen molar-refractivity contribution in [3.8, 4) is 11.1 Å². The maximum absolute atomic E-state index is 13.1. The second-order valence-electron chi connectivity index (χ2n) is 6.81. The number of amides is 1. The summed E-state index contributed by atoms with van der Waals surface area (Å²) in [4.78, 5) is 23.0. The number of alkyl halides is 3. The molecule has 2 rings (SSSR count). The van der Waals surface area contributed by atoms with Crippen LogP contribution in [0.5, 0.6) is 0 Å². The number of hydrogen-bond acceptors (Lipinski definition) is 3. The molecule has 0 spiro atoms. The van der Waals surface area contributed by atoms with Crippen molar-refractivity contribution in [3.63, 3.8) is 0 Å². The van der Waals surface area contributed by atoms with E-state index in [1.807, 2.05) is 0 Å². The van der Waals surface area contributed by atoms with Crippen LogP contribution in [0.25, 0.3) is 11.1 Å². The van der Waals surface area contributed by atoms with Crippen LogP contribution in [-0.2, 0) is 10.9 Å². The summed E-state index contributed by atoms with van der Waals surface area (Å²) in [6.45, 7) is 5.08. The topological polar surface area (TPSA) is 75.6 Å². The third-order valence-corrected chi connectivity index (χ3v) is 3.35. The monoisotopic (exact) mass is 381 g/mol. The van der Waals surface area contributed by atoms with E-state index in [0.717, 1.165) is 12.1 Å². The summed E-state index contributed by atoms with van der Waals surface area (Å²) in [6.07, 6.45) is -5.40. The Morgan fingerprint density at radius 3 is 2.22 bits per heavy atom. The zero-order valence-corrected chi connectivity index (χ0v) is 14.8. The SMILES string of the molecule is CC(C)(C)OC(=O)Nc1cccc(-c2cc(C(=O)O)cc(C(F)(F)F)c2)c1. The Bertz CT molecular complexity index is 870. The lowest BCUT2D eigenvalue weighted by atomic mass is 9.99. The lowest BCUT2D eigenvalue weighted by molar-refractivity contribution is -0.137. The second-order valence-corrected chi connectivity index (χ2v) is 6.81. The van der Waals surface area contributed by atoms with E-state index in [-0.39, 0.29) is 5.56 Å². The molecule has 8 heteroatoms. The van der Waals surface area contributed by atoms with Crippen molar-refractivity contribution in [2.75, 3.05) is 5.32 Å². The van der Waals surface area contributed by atoms with E-state index in [4.69, 9.17) is 9.84 Å². The summed E-state index contributed by atoms with van der Waals surface area (Å²) in [7, 11) is 0. The second kappa shape index (κ2) is 7.30. The van der Waals surface area contributed by atoms with Crippen LogP contribution in [0, 0.1) is 0 Å². The standard InChI is InChI=1S/C19H18F3NO4/c1-18(2,3)27-17(26)23-15-6-4-5-11(10-15)12-7-13(16(24)25)9-14(8-12)19(20,21)22/h4-10H,1-3H3,(H,23,26)(H,24,25). The van der Waals surface area contributed by atoms with Gasteiger partial charge in [0.2, 0.25) is 0 Å². The first-order chi connectivity index (χ1) is 12.3. The fourth-order valence-corrected chi connectivity index (χ4v) is 2.28. The van der Waals surface area contributed by atoms with Crippen LogP contribution in [0.2, 0.25) is 0 Å². The fourth-order valence-electron chi connectivity index (χ4n) is 2.28. The van der Waals surface area contributed by atoms with E-state index >= 15 is 0 Å². The third kappa shape index (κ3) is 5.73. The Morgan fingerprint density at radius 1 is 1.00 bits per heavy atom. The molecule has 1 amide bonds. The number of aromatic carboxylic acids is 1. The third-order valence-electron chi connectivity index (χ3n) is 3.35. The van der Waals surface area contributed by atoms with Gasteiger partial charge in [-0.25, -0.2) is 9.59 Å². The zero-order valence-electron chi connectivity index (χ0n) is 14.8. The van der Waals surface area contributed by atoms with E-state index < -0.39 is 35.0 Å². The summed E-state index contributed by atoms with van der Waals surface area (Å²) in [5.74, 6) is -1.47.